The first-order valence-electron chi connectivity index (χ1n) is 10.1. The molecule has 5 aromatic rings. The maximum Gasteiger partial charge on any atom is 0.229 e. The van der Waals surface area contributed by atoms with Gasteiger partial charge in [0.05, 0.1) is 27.9 Å². The molecule has 0 radical (unpaired) electrons. The van der Waals surface area contributed by atoms with Crippen LogP contribution in [0, 0.1) is 0 Å². The van der Waals surface area contributed by atoms with Crippen LogP contribution in [0.15, 0.2) is 59.5 Å². The van der Waals surface area contributed by atoms with Crippen molar-refractivity contribution in [2.45, 2.75) is 26.9 Å². The molecule has 8 nitrogen and oxygen atoms in total. The summed E-state index contributed by atoms with van der Waals surface area (Å²) in [6.45, 7) is 5.84. The number of benzene rings is 2. The Hall–Kier alpha value is -3.46. The number of nitrogens with one attached hydrogen (secondary N) is 2. The van der Waals surface area contributed by atoms with Crippen LogP contribution in [-0.2, 0) is 13.1 Å². The Balaban J connectivity index is 1.40. The minimum atomic E-state index is 0.507. The van der Waals surface area contributed by atoms with Gasteiger partial charge in [0.25, 0.3) is 0 Å². The topological polar surface area (TPSA) is 85.5 Å². The van der Waals surface area contributed by atoms with E-state index in [0.29, 0.717) is 11.8 Å². The van der Waals surface area contributed by atoms with Crippen LogP contribution in [0.25, 0.3) is 21.8 Å². The van der Waals surface area contributed by atoms with Gasteiger partial charge in [-0.2, -0.15) is 15.2 Å². The summed E-state index contributed by atoms with van der Waals surface area (Å²) >= 11 is 3.54. The lowest BCUT2D eigenvalue weighted by molar-refractivity contribution is 0.684. The summed E-state index contributed by atoms with van der Waals surface area (Å²) in [5.41, 5.74) is 4.06. The summed E-state index contributed by atoms with van der Waals surface area (Å²) in [5, 5.41) is 17.6. The molecule has 0 atom stereocenters. The van der Waals surface area contributed by atoms with Crippen LogP contribution in [0.4, 0.5) is 23.1 Å². The molecule has 0 aliphatic carbocycles. The number of aromatic nitrogens is 6. The van der Waals surface area contributed by atoms with E-state index < -0.39 is 0 Å². The quantitative estimate of drug-likeness (QED) is 0.338. The van der Waals surface area contributed by atoms with Gasteiger partial charge in [-0.05, 0) is 66.2 Å². The Labute approximate surface area is 187 Å². The standard InChI is InChI=1S/C22H21BrN8/c1-3-30-19-7-5-16(9-14(19)11-25-30)27-21-18(23)13-24-22(29-21)28-17-6-8-20-15(10-17)12-26-31(20)4-2/h5-13H,3-4H2,1-2H3,(H2,24,27,28,29). The van der Waals surface area contributed by atoms with Crippen LogP contribution in [0.5, 0.6) is 0 Å². The van der Waals surface area contributed by atoms with Crippen molar-refractivity contribution in [2.75, 3.05) is 10.6 Å². The number of halogens is 1. The number of hydrogen-bond acceptors (Lipinski definition) is 6. The van der Waals surface area contributed by atoms with Crippen molar-refractivity contribution in [2.24, 2.45) is 0 Å². The third-order valence-electron chi connectivity index (χ3n) is 5.15. The van der Waals surface area contributed by atoms with Crippen LogP contribution in [0.2, 0.25) is 0 Å². The third-order valence-corrected chi connectivity index (χ3v) is 5.73. The van der Waals surface area contributed by atoms with Gasteiger partial charge in [0.1, 0.15) is 5.82 Å². The zero-order chi connectivity index (χ0) is 21.4. The molecule has 0 saturated heterocycles. The number of nitrogens with zero attached hydrogens (tertiary/aromatic N) is 6. The average molecular weight is 477 g/mol. The van der Waals surface area contributed by atoms with Crippen molar-refractivity contribution in [3.63, 3.8) is 0 Å². The van der Waals surface area contributed by atoms with E-state index in [9.17, 15) is 0 Å². The number of hydrogen-bond donors (Lipinski definition) is 2. The number of rotatable bonds is 6. The number of fused-ring (bicyclic) bond motifs is 2. The van der Waals surface area contributed by atoms with E-state index in [1.807, 2.05) is 40.0 Å². The Morgan fingerprint density at radius 2 is 1.39 bits per heavy atom. The fraction of sp³-hybridized carbons (Fsp3) is 0.182. The lowest BCUT2D eigenvalue weighted by Gasteiger charge is -2.11. The van der Waals surface area contributed by atoms with E-state index in [1.54, 1.807) is 6.20 Å². The zero-order valence-corrected chi connectivity index (χ0v) is 18.8. The minimum absolute atomic E-state index is 0.507. The number of aryl methyl sites for hydroxylation is 2. The lowest BCUT2D eigenvalue weighted by atomic mass is 10.2. The second kappa shape index (κ2) is 7.99. The van der Waals surface area contributed by atoms with Gasteiger partial charge in [-0.1, -0.05) is 0 Å². The van der Waals surface area contributed by atoms with Crippen LogP contribution in [-0.4, -0.2) is 29.5 Å². The van der Waals surface area contributed by atoms with Crippen molar-refractivity contribution < 1.29 is 0 Å². The maximum absolute atomic E-state index is 4.64. The Morgan fingerprint density at radius 1 is 0.806 bits per heavy atom. The highest BCUT2D eigenvalue weighted by atomic mass is 79.9. The van der Waals surface area contributed by atoms with E-state index in [0.717, 1.165) is 50.7 Å². The highest BCUT2D eigenvalue weighted by Gasteiger charge is 2.09. The third kappa shape index (κ3) is 3.72. The first-order valence-corrected chi connectivity index (χ1v) is 10.9. The van der Waals surface area contributed by atoms with Gasteiger partial charge in [0.15, 0.2) is 0 Å². The monoisotopic (exact) mass is 476 g/mol. The highest BCUT2D eigenvalue weighted by Crippen LogP contribution is 2.28. The van der Waals surface area contributed by atoms with Crippen LogP contribution >= 0.6 is 15.9 Å². The molecule has 0 aliphatic heterocycles. The Bertz CT molecular complexity index is 1390. The Kier molecular flexibility index (Phi) is 5.03. The van der Waals surface area contributed by atoms with Gasteiger partial charge < -0.3 is 10.6 Å². The fourth-order valence-electron chi connectivity index (χ4n) is 3.61. The van der Waals surface area contributed by atoms with Crippen molar-refractivity contribution in [3.8, 4) is 0 Å². The van der Waals surface area contributed by atoms with Gasteiger partial charge in [-0.15, -0.1) is 0 Å². The van der Waals surface area contributed by atoms with Gasteiger partial charge in [0.2, 0.25) is 5.95 Å². The van der Waals surface area contributed by atoms with Crippen molar-refractivity contribution in [3.05, 3.63) is 59.5 Å². The molecule has 0 amide bonds. The van der Waals surface area contributed by atoms with Gasteiger partial charge in [-0.25, -0.2) is 4.98 Å². The van der Waals surface area contributed by atoms with E-state index in [1.165, 1.54) is 0 Å². The van der Waals surface area contributed by atoms with E-state index in [-0.39, 0.29) is 0 Å². The molecule has 9 heteroatoms. The predicted molar refractivity (Wildman–Crippen MR) is 127 cm³/mol. The van der Waals surface area contributed by atoms with Crippen LogP contribution in [0.3, 0.4) is 0 Å². The molecule has 156 valence electrons. The molecule has 0 saturated carbocycles. The summed E-state index contributed by atoms with van der Waals surface area (Å²) in [6.07, 6.45) is 5.48. The molecule has 0 fully saturated rings. The molecule has 0 aliphatic rings. The maximum atomic E-state index is 4.64. The smallest absolute Gasteiger partial charge is 0.229 e. The summed E-state index contributed by atoms with van der Waals surface area (Å²) < 4.78 is 4.73. The van der Waals surface area contributed by atoms with Crippen LogP contribution < -0.4 is 10.6 Å². The number of anilines is 4. The van der Waals surface area contributed by atoms with Gasteiger partial charge in [0, 0.05) is 41.4 Å². The second-order valence-corrected chi connectivity index (χ2v) is 7.96. The first-order chi connectivity index (χ1) is 15.1. The van der Waals surface area contributed by atoms with Crippen LogP contribution in [0.1, 0.15) is 13.8 Å². The molecule has 0 spiro atoms. The normalized spacial score (nSPS) is 11.3. The molecule has 3 aromatic heterocycles. The highest BCUT2D eigenvalue weighted by molar-refractivity contribution is 9.10. The molecule has 3 heterocycles. The SMILES string of the molecule is CCn1ncc2cc(Nc3ncc(Br)c(Nc4ccc5c(cnn5CC)c4)n3)ccc21. The predicted octanol–water partition coefficient (Wildman–Crippen LogP) is 5.47. The molecule has 2 aromatic carbocycles. The van der Waals surface area contributed by atoms with Gasteiger partial charge in [-0.3, -0.25) is 9.36 Å². The summed E-state index contributed by atoms with van der Waals surface area (Å²) in [5.74, 6) is 1.19. The average Bonchev–Trinajstić information content (AvgIpc) is 3.39. The molecule has 31 heavy (non-hydrogen) atoms. The minimum Gasteiger partial charge on any atom is -0.339 e. The van der Waals surface area contributed by atoms with Crippen molar-refractivity contribution in [1.29, 1.82) is 0 Å². The van der Waals surface area contributed by atoms with Crippen molar-refractivity contribution >= 4 is 60.9 Å². The zero-order valence-electron chi connectivity index (χ0n) is 17.2. The molecule has 0 bridgehead atoms. The largest absolute Gasteiger partial charge is 0.339 e. The molecule has 5 rings (SSSR count). The molecule has 0 unspecified atom stereocenters. The second-order valence-electron chi connectivity index (χ2n) is 7.11. The lowest BCUT2D eigenvalue weighted by Crippen LogP contribution is -2.02. The summed E-state index contributed by atoms with van der Waals surface area (Å²) in [4.78, 5) is 9.04. The van der Waals surface area contributed by atoms with E-state index in [2.05, 4.69) is 78.8 Å². The van der Waals surface area contributed by atoms with E-state index in [4.69, 9.17) is 0 Å². The van der Waals surface area contributed by atoms with Gasteiger partial charge >= 0.3 is 0 Å². The molecular formula is C22H21BrN8. The molecular weight excluding hydrogens is 456 g/mol. The molecule has 2 N–H and O–H groups in total. The Morgan fingerprint density at radius 3 is 1.97 bits per heavy atom. The summed E-state index contributed by atoms with van der Waals surface area (Å²) in [7, 11) is 0. The van der Waals surface area contributed by atoms with E-state index >= 15 is 0 Å². The first kappa shape index (κ1) is 19.5. The fourth-order valence-corrected chi connectivity index (χ4v) is 3.90. The summed E-state index contributed by atoms with van der Waals surface area (Å²) in [6, 6.07) is 12.3. The van der Waals surface area contributed by atoms with Crippen molar-refractivity contribution in [1.82, 2.24) is 29.5 Å².